The van der Waals surface area contributed by atoms with Crippen LogP contribution in [0.5, 0.6) is 0 Å². The van der Waals surface area contributed by atoms with Gasteiger partial charge < -0.3 is 25.4 Å². The maximum Gasteiger partial charge on any atom is 0.412 e. The Balaban J connectivity index is 1.94. The van der Waals surface area contributed by atoms with Crippen molar-refractivity contribution in [3.63, 3.8) is 0 Å². The van der Waals surface area contributed by atoms with Crippen molar-refractivity contribution in [1.82, 2.24) is 4.90 Å². The fourth-order valence-electron chi connectivity index (χ4n) is 2.42. The summed E-state index contributed by atoms with van der Waals surface area (Å²) in [6, 6.07) is 5.30. The van der Waals surface area contributed by atoms with Gasteiger partial charge in [-0.05, 0) is 46.0 Å². The van der Waals surface area contributed by atoms with Crippen molar-refractivity contribution in [2.45, 2.75) is 32.5 Å². The number of hydrogen-bond acceptors (Lipinski definition) is 6. The number of benzene rings is 1. The third kappa shape index (κ3) is 5.90. The van der Waals surface area contributed by atoms with Crippen LogP contribution in [-0.2, 0) is 9.47 Å². The van der Waals surface area contributed by atoms with Gasteiger partial charge in [0, 0.05) is 25.3 Å². The molecule has 0 radical (unpaired) electrons. The molecule has 4 N–H and O–H groups in total. The second-order valence-electron chi connectivity index (χ2n) is 7.06. The first-order chi connectivity index (χ1) is 11.2. The highest BCUT2D eigenvalue weighted by Gasteiger charge is 2.18. The Hall–Kier alpha value is -1.99. The number of nitrogens with one attached hydrogen (secondary N) is 2. The number of carbonyl (C=O) groups excluding carboxylic acids is 1. The zero-order chi connectivity index (χ0) is 17.7. The topological polar surface area (TPSA) is 88.8 Å². The first-order valence-corrected chi connectivity index (χ1v) is 8.16. The molecule has 7 nitrogen and oxygen atoms in total. The number of nitrogen functional groups attached to an aromatic ring is 1. The smallest absolute Gasteiger partial charge is 0.412 e. The maximum atomic E-state index is 11.9. The van der Waals surface area contributed by atoms with E-state index in [4.69, 9.17) is 15.2 Å². The third-order valence-electron chi connectivity index (χ3n) is 3.56. The number of amides is 1. The fourth-order valence-corrected chi connectivity index (χ4v) is 2.42. The van der Waals surface area contributed by atoms with Crippen LogP contribution in [0.1, 0.15) is 20.8 Å². The maximum absolute atomic E-state index is 11.9. The first kappa shape index (κ1) is 18.4. The van der Waals surface area contributed by atoms with E-state index < -0.39 is 11.7 Å². The van der Waals surface area contributed by atoms with Gasteiger partial charge in [0.15, 0.2) is 0 Å². The lowest BCUT2D eigenvalue weighted by Crippen LogP contribution is -2.43. The summed E-state index contributed by atoms with van der Waals surface area (Å²) in [6.07, 6.45) is -0.374. The van der Waals surface area contributed by atoms with E-state index in [2.05, 4.69) is 22.6 Å². The number of ether oxygens (including phenoxy) is 2. The Labute approximate surface area is 143 Å². The summed E-state index contributed by atoms with van der Waals surface area (Å²) >= 11 is 0. The number of hydrogen-bond donors (Lipinski definition) is 3. The zero-order valence-corrected chi connectivity index (χ0v) is 14.9. The predicted molar refractivity (Wildman–Crippen MR) is 96.4 cm³/mol. The second-order valence-corrected chi connectivity index (χ2v) is 7.06. The molecule has 7 heteroatoms. The number of nitrogens with zero attached hydrogens (tertiary/aromatic N) is 1. The molecule has 134 valence electrons. The van der Waals surface area contributed by atoms with Crippen molar-refractivity contribution in [3.8, 4) is 0 Å². The Bertz CT molecular complexity index is 571. The van der Waals surface area contributed by atoms with E-state index in [-0.39, 0.29) is 6.10 Å². The molecular weight excluding hydrogens is 308 g/mol. The Morgan fingerprint density at radius 3 is 2.88 bits per heavy atom. The molecule has 1 aliphatic heterocycles. The number of likely N-dealkylation sites (N-methyl/N-ethyl adjacent to an activating group) is 1. The summed E-state index contributed by atoms with van der Waals surface area (Å²) in [5.41, 5.74) is 7.48. The quantitative estimate of drug-likeness (QED) is 0.732. The molecule has 0 aromatic heterocycles. The number of rotatable bonds is 4. The van der Waals surface area contributed by atoms with Gasteiger partial charge in [-0.2, -0.15) is 0 Å². The minimum Gasteiger partial charge on any atom is -0.444 e. The Morgan fingerprint density at radius 2 is 2.21 bits per heavy atom. The van der Waals surface area contributed by atoms with Gasteiger partial charge in [0.1, 0.15) is 5.60 Å². The third-order valence-corrected chi connectivity index (χ3v) is 3.56. The van der Waals surface area contributed by atoms with Crippen LogP contribution >= 0.6 is 0 Å². The number of anilines is 3. The molecule has 1 atom stereocenters. The van der Waals surface area contributed by atoms with E-state index in [0.717, 1.165) is 25.4 Å². The predicted octanol–water partition coefficient (Wildman–Crippen LogP) is 2.36. The molecule has 1 aromatic carbocycles. The highest BCUT2D eigenvalue weighted by molar-refractivity contribution is 5.87. The zero-order valence-electron chi connectivity index (χ0n) is 14.9. The van der Waals surface area contributed by atoms with Crippen LogP contribution in [0.3, 0.4) is 0 Å². The van der Waals surface area contributed by atoms with Crippen LogP contribution in [0.15, 0.2) is 18.2 Å². The van der Waals surface area contributed by atoms with Crippen molar-refractivity contribution in [2.24, 2.45) is 0 Å². The molecule has 24 heavy (non-hydrogen) atoms. The molecule has 1 unspecified atom stereocenters. The van der Waals surface area contributed by atoms with Gasteiger partial charge in [-0.25, -0.2) is 4.79 Å². The minimum atomic E-state index is -0.538. The fraction of sp³-hybridized carbons (Fsp3) is 0.588. The van der Waals surface area contributed by atoms with Crippen LogP contribution in [0, 0.1) is 0 Å². The summed E-state index contributed by atoms with van der Waals surface area (Å²) in [5.74, 6) is 0. The van der Waals surface area contributed by atoms with Gasteiger partial charge in [-0.1, -0.05) is 0 Å². The SMILES string of the molecule is CN1CCOC(CNc2cc(NC(=O)OC(C)(C)C)ccc2N)C1. The van der Waals surface area contributed by atoms with Gasteiger partial charge in [0.2, 0.25) is 0 Å². The molecule has 0 spiro atoms. The van der Waals surface area contributed by atoms with E-state index in [1.165, 1.54) is 0 Å². The summed E-state index contributed by atoms with van der Waals surface area (Å²) in [5, 5.41) is 6.01. The molecule has 0 saturated carbocycles. The lowest BCUT2D eigenvalue weighted by Gasteiger charge is -2.30. The average molecular weight is 336 g/mol. The van der Waals surface area contributed by atoms with Crippen LogP contribution < -0.4 is 16.4 Å². The number of nitrogens with two attached hydrogens (primary N) is 1. The van der Waals surface area contributed by atoms with Gasteiger partial charge in [0.05, 0.1) is 24.1 Å². The van der Waals surface area contributed by atoms with Gasteiger partial charge in [0.25, 0.3) is 0 Å². The van der Waals surface area contributed by atoms with Crippen molar-refractivity contribution in [2.75, 3.05) is 49.7 Å². The molecule has 1 saturated heterocycles. The van der Waals surface area contributed by atoms with Crippen LogP contribution in [0.4, 0.5) is 21.9 Å². The van der Waals surface area contributed by atoms with E-state index in [1.54, 1.807) is 18.2 Å². The van der Waals surface area contributed by atoms with Crippen LogP contribution in [-0.4, -0.2) is 56.0 Å². The summed E-state index contributed by atoms with van der Waals surface area (Å²) < 4.78 is 11.0. The molecule has 1 heterocycles. The molecule has 0 bridgehead atoms. The lowest BCUT2D eigenvalue weighted by molar-refractivity contribution is -0.0117. The van der Waals surface area contributed by atoms with Crippen LogP contribution in [0.2, 0.25) is 0 Å². The number of morpholine rings is 1. The normalized spacial score (nSPS) is 18.9. The number of carbonyl (C=O) groups is 1. The first-order valence-electron chi connectivity index (χ1n) is 8.16. The van der Waals surface area contributed by atoms with E-state index in [9.17, 15) is 4.79 Å². The van der Waals surface area contributed by atoms with E-state index in [0.29, 0.717) is 17.9 Å². The molecule has 1 fully saturated rings. The minimum absolute atomic E-state index is 0.116. The standard InChI is InChI=1S/C17H28N4O3/c1-17(2,3)24-16(22)20-12-5-6-14(18)15(9-12)19-10-13-11-21(4)7-8-23-13/h5-6,9,13,19H,7-8,10-11,18H2,1-4H3,(H,20,22). The highest BCUT2D eigenvalue weighted by Crippen LogP contribution is 2.24. The second kappa shape index (κ2) is 7.72. The summed E-state index contributed by atoms with van der Waals surface area (Å²) in [7, 11) is 2.08. The Kier molecular flexibility index (Phi) is 5.90. The van der Waals surface area contributed by atoms with E-state index in [1.807, 2.05) is 20.8 Å². The molecule has 0 aliphatic carbocycles. The lowest BCUT2D eigenvalue weighted by atomic mass is 10.2. The highest BCUT2D eigenvalue weighted by atomic mass is 16.6. The van der Waals surface area contributed by atoms with Gasteiger partial charge in [-0.3, -0.25) is 5.32 Å². The molecule has 2 rings (SSSR count). The molecule has 1 aliphatic rings. The van der Waals surface area contributed by atoms with Crippen LogP contribution in [0.25, 0.3) is 0 Å². The largest absolute Gasteiger partial charge is 0.444 e. The van der Waals surface area contributed by atoms with Crippen molar-refractivity contribution >= 4 is 23.2 Å². The van der Waals surface area contributed by atoms with Crippen molar-refractivity contribution in [1.29, 1.82) is 0 Å². The molecule has 1 aromatic rings. The molecule has 1 amide bonds. The Morgan fingerprint density at radius 1 is 1.46 bits per heavy atom. The summed E-state index contributed by atoms with van der Waals surface area (Å²) in [4.78, 5) is 14.1. The van der Waals surface area contributed by atoms with Crippen molar-refractivity contribution < 1.29 is 14.3 Å². The summed E-state index contributed by atoms with van der Waals surface area (Å²) in [6.45, 7) is 8.69. The average Bonchev–Trinajstić information content (AvgIpc) is 2.46. The monoisotopic (exact) mass is 336 g/mol. The molecular formula is C17H28N4O3. The van der Waals surface area contributed by atoms with Crippen molar-refractivity contribution in [3.05, 3.63) is 18.2 Å². The van der Waals surface area contributed by atoms with Gasteiger partial charge in [-0.15, -0.1) is 0 Å². The van der Waals surface area contributed by atoms with E-state index >= 15 is 0 Å². The van der Waals surface area contributed by atoms with Gasteiger partial charge >= 0.3 is 6.09 Å².